The first-order valence-corrected chi connectivity index (χ1v) is 8.79. The van der Waals surface area contributed by atoms with E-state index in [0.29, 0.717) is 21.9 Å². The molecule has 1 N–H and O–H groups in total. The van der Waals surface area contributed by atoms with Crippen LogP contribution in [0.5, 0.6) is 5.75 Å². The average molecular weight is 407 g/mol. The third-order valence-electron chi connectivity index (χ3n) is 4.46. The van der Waals surface area contributed by atoms with Crippen LogP contribution in [0, 0.1) is 0 Å². The molecule has 2 aromatic carbocycles. The van der Waals surface area contributed by atoms with Crippen LogP contribution in [0.2, 0.25) is 10.0 Å². The summed E-state index contributed by atoms with van der Waals surface area (Å²) in [4.78, 5) is 38.7. The third-order valence-corrected chi connectivity index (χ3v) is 5.01. The summed E-state index contributed by atoms with van der Waals surface area (Å²) in [7, 11) is 1.52. The van der Waals surface area contributed by atoms with E-state index in [1.54, 1.807) is 43.3 Å². The molecule has 3 amide bonds. The lowest BCUT2D eigenvalue weighted by molar-refractivity contribution is -0.130. The number of urea groups is 1. The fraction of sp³-hybridized carbons (Fsp3) is 0.211. The molecule has 1 fully saturated rings. The van der Waals surface area contributed by atoms with Gasteiger partial charge in [-0.25, -0.2) is 4.79 Å². The zero-order chi connectivity index (χ0) is 19.8. The van der Waals surface area contributed by atoms with Crippen LogP contribution in [0.3, 0.4) is 0 Å². The summed E-state index contributed by atoms with van der Waals surface area (Å²) < 4.78 is 5.05. The van der Waals surface area contributed by atoms with Crippen molar-refractivity contribution >= 4 is 40.9 Å². The van der Waals surface area contributed by atoms with Crippen LogP contribution in [0.15, 0.2) is 42.5 Å². The number of rotatable bonds is 5. The highest BCUT2D eigenvalue weighted by Gasteiger charge is 2.50. The van der Waals surface area contributed by atoms with Crippen molar-refractivity contribution in [3.63, 3.8) is 0 Å². The molecule has 6 nitrogen and oxygen atoms in total. The first-order valence-electron chi connectivity index (χ1n) is 8.03. The number of nitrogens with one attached hydrogen (secondary N) is 1. The van der Waals surface area contributed by atoms with Gasteiger partial charge in [-0.05, 0) is 43.3 Å². The molecule has 0 spiro atoms. The lowest BCUT2D eigenvalue weighted by Crippen LogP contribution is -2.41. The van der Waals surface area contributed by atoms with Crippen molar-refractivity contribution in [2.75, 3.05) is 13.7 Å². The Bertz CT molecular complexity index is 930. The number of hydrogen-bond donors (Lipinski definition) is 1. The van der Waals surface area contributed by atoms with Gasteiger partial charge in [0.1, 0.15) is 11.3 Å². The van der Waals surface area contributed by atoms with Gasteiger partial charge < -0.3 is 10.1 Å². The first kappa shape index (κ1) is 19.2. The maximum absolute atomic E-state index is 12.9. The van der Waals surface area contributed by atoms with Crippen LogP contribution in [0.4, 0.5) is 4.79 Å². The summed E-state index contributed by atoms with van der Waals surface area (Å²) in [5.74, 6) is -0.322. The molecule has 1 heterocycles. The molecule has 0 aromatic heterocycles. The van der Waals surface area contributed by atoms with E-state index in [1.165, 1.54) is 13.2 Å². The summed E-state index contributed by atoms with van der Waals surface area (Å²) in [5, 5.41) is 3.28. The molecular formula is C19H16Cl2N2O4. The first-order chi connectivity index (χ1) is 12.8. The van der Waals surface area contributed by atoms with Crippen molar-refractivity contribution in [3.8, 4) is 5.75 Å². The molecule has 0 bridgehead atoms. The summed E-state index contributed by atoms with van der Waals surface area (Å²) in [6.45, 7) is 1.16. The van der Waals surface area contributed by atoms with Crippen LogP contribution < -0.4 is 10.1 Å². The van der Waals surface area contributed by atoms with Crippen molar-refractivity contribution in [1.82, 2.24) is 10.2 Å². The molecule has 0 unspecified atom stereocenters. The normalized spacial score (nSPS) is 19.2. The molecule has 1 aliphatic rings. The Labute approximate surface area is 166 Å². The highest BCUT2D eigenvalue weighted by Crippen LogP contribution is 2.35. The molecule has 1 saturated heterocycles. The van der Waals surface area contributed by atoms with Gasteiger partial charge in [-0.1, -0.05) is 29.3 Å². The van der Waals surface area contributed by atoms with E-state index >= 15 is 0 Å². The van der Waals surface area contributed by atoms with Gasteiger partial charge in [0, 0.05) is 21.2 Å². The predicted molar refractivity (Wildman–Crippen MR) is 101 cm³/mol. The summed E-state index contributed by atoms with van der Waals surface area (Å²) in [6, 6.07) is 10.4. The number of hydrogen-bond acceptors (Lipinski definition) is 4. The number of ketones is 1. The second-order valence-corrected chi connectivity index (χ2v) is 7.07. The SMILES string of the molecule is COc1ccc(C(=O)CN2C(=O)N[C@](C)(c3ccc(Cl)cc3Cl)C2=O)cc1. The van der Waals surface area contributed by atoms with Crippen molar-refractivity contribution in [3.05, 3.63) is 63.6 Å². The molecular weight excluding hydrogens is 391 g/mol. The number of amides is 3. The maximum Gasteiger partial charge on any atom is 0.325 e. The highest BCUT2D eigenvalue weighted by molar-refractivity contribution is 6.35. The Morgan fingerprint density at radius 3 is 2.41 bits per heavy atom. The number of carbonyl (C=O) groups excluding carboxylic acids is 3. The molecule has 3 rings (SSSR count). The summed E-state index contributed by atoms with van der Waals surface area (Å²) >= 11 is 12.1. The Morgan fingerprint density at radius 1 is 1.15 bits per heavy atom. The number of carbonyl (C=O) groups is 3. The molecule has 1 atom stereocenters. The number of benzene rings is 2. The number of methoxy groups -OCH3 is 1. The van der Waals surface area contributed by atoms with E-state index < -0.39 is 17.5 Å². The third kappa shape index (κ3) is 3.50. The van der Waals surface area contributed by atoms with Crippen LogP contribution in [-0.2, 0) is 10.3 Å². The topological polar surface area (TPSA) is 75.7 Å². The molecule has 0 aliphatic carbocycles. The van der Waals surface area contributed by atoms with Crippen molar-refractivity contribution in [2.24, 2.45) is 0 Å². The van der Waals surface area contributed by atoms with Gasteiger partial charge >= 0.3 is 6.03 Å². The quantitative estimate of drug-likeness (QED) is 0.607. The summed E-state index contributed by atoms with van der Waals surface area (Å²) in [6.07, 6.45) is 0. The van der Waals surface area contributed by atoms with E-state index in [1.807, 2.05) is 0 Å². The fourth-order valence-electron chi connectivity index (χ4n) is 2.93. The van der Waals surface area contributed by atoms with Crippen LogP contribution in [0.25, 0.3) is 0 Å². The minimum atomic E-state index is -1.38. The standard InChI is InChI=1S/C19H16Cl2N2O4/c1-19(14-8-5-12(20)9-15(14)21)17(25)23(18(26)22-19)10-16(24)11-3-6-13(27-2)7-4-11/h3-9H,10H2,1-2H3,(H,22,26)/t19-/m1/s1. The van der Waals surface area contributed by atoms with Crippen molar-refractivity contribution < 1.29 is 19.1 Å². The zero-order valence-electron chi connectivity index (χ0n) is 14.6. The van der Waals surface area contributed by atoms with Crippen molar-refractivity contribution in [1.29, 1.82) is 0 Å². The number of imide groups is 1. The minimum absolute atomic E-state index is 0.252. The van der Waals surface area contributed by atoms with Gasteiger partial charge in [0.15, 0.2) is 5.78 Å². The zero-order valence-corrected chi connectivity index (χ0v) is 16.1. The second-order valence-electron chi connectivity index (χ2n) is 6.22. The van der Waals surface area contributed by atoms with Gasteiger partial charge in [-0.2, -0.15) is 0 Å². The van der Waals surface area contributed by atoms with Crippen LogP contribution in [-0.4, -0.2) is 36.3 Å². The maximum atomic E-state index is 12.9. The van der Waals surface area contributed by atoms with Gasteiger partial charge in [-0.15, -0.1) is 0 Å². The minimum Gasteiger partial charge on any atom is -0.497 e. The number of ether oxygens (including phenoxy) is 1. The lowest BCUT2D eigenvalue weighted by Gasteiger charge is -2.23. The van der Waals surface area contributed by atoms with E-state index in [4.69, 9.17) is 27.9 Å². The van der Waals surface area contributed by atoms with E-state index in [-0.39, 0.29) is 17.4 Å². The molecule has 140 valence electrons. The second kappa shape index (κ2) is 7.21. The molecule has 2 aromatic rings. The van der Waals surface area contributed by atoms with Gasteiger partial charge in [0.2, 0.25) is 0 Å². The molecule has 0 saturated carbocycles. The molecule has 1 aliphatic heterocycles. The number of nitrogens with zero attached hydrogens (tertiary/aromatic N) is 1. The lowest BCUT2D eigenvalue weighted by atomic mass is 9.92. The van der Waals surface area contributed by atoms with Crippen molar-refractivity contribution in [2.45, 2.75) is 12.5 Å². The Morgan fingerprint density at radius 2 is 1.81 bits per heavy atom. The molecule has 27 heavy (non-hydrogen) atoms. The predicted octanol–water partition coefficient (Wildman–Crippen LogP) is 3.65. The smallest absolute Gasteiger partial charge is 0.325 e. The Kier molecular flexibility index (Phi) is 5.13. The molecule has 0 radical (unpaired) electrons. The monoisotopic (exact) mass is 406 g/mol. The summed E-state index contributed by atoms with van der Waals surface area (Å²) in [5.41, 5.74) is -0.597. The van der Waals surface area contributed by atoms with Crippen LogP contribution in [0.1, 0.15) is 22.8 Å². The van der Waals surface area contributed by atoms with E-state index in [2.05, 4.69) is 5.32 Å². The molecule has 8 heteroatoms. The fourth-order valence-corrected chi connectivity index (χ4v) is 3.53. The number of Topliss-reactive ketones (excluding diaryl/α,β-unsaturated/α-hetero) is 1. The van der Waals surface area contributed by atoms with E-state index in [9.17, 15) is 14.4 Å². The average Bonchev–Trinajstić information content (AvgIpc) is 2.85. The van der Waals surface area contributed by atoms with Gasteiger partial charge in [-0.3, -0.25) is 14.5 Å². The van der Waals surface area contributed by atoms with E-state index in [0.717, 1.165) is 4.90 Å². The van der Waals surface area contributed by atoms with Crippen LogP contribution >= 0.6 is 23.2 Å². The highest BCUT2D eigenvalue weighted by atomic mass is 35.5. The Balaban J connectivity index is 1.84. The Hall–Kier alpha value is -2.57. The number of halogens is 2. The largest absolute Gasteiger partial charge is 0.497 e. The van der Waals surface area contributed by atoms with Gasteiger partial charge in [0.05, 0.1) is 13.7 Å². The van der Waals surface area contributed by atoms with Gasteiger partial charge in [0.25, 0.3) is 5.91 Å².